The first-order valence-corrected chi connectivity index (χ1v) is 6.02. The number of aromatic amines is 1. The van der Waals surface area contributed by atoms with Crippen molar-refractivity contribution >= 4 is 10.9 Å². The van der Waals surface area contributed by atoms with Gasteiger partial charge in [-0.3, -0.25) is 4.98 Å². The van der Waals surface area contributed by atoms with E-state index in [9.17, 15) is 0 Å². The topological polar surface area (TPSA) is 46.2 Å². The molecule has 0 saturated heterocycles. The van der Waals surface area contributed by atoms with Gasteiger partial charge < -0.3 is 9.64 Å². The van der Waals surface area contributed by atoms with Gasteiger partial charge in [0.05, 0.1) is 25.7 Å². The number of pyridine rings is 1. The van der Waals surface area contributed by atoms with Crippen LogP contribution in [-0.4, -0.2) is 37.3 Å². The molecule has 0 aromatic carbocycles. The summed E-state index contributed by atoms with van der Waals surface area (Å²) in [6, 6.07) is 2.06. The van der Waals surface area contributed by atoms with Crippen LogP contribution in [-0.2, 0) is 11.3 Å². The lowest BCUT2D eigenvalue weighted by atomic mass is 10.1. The first-order chi connectivity index (χ1) is 8.25. The van der Waals surface area contributed by atoms with Crippen molar-refractivity contribution in [2.45, 2.75) is 12.6 Å². The Hall–Kier alpha value is -1.46. The van der Waals surface area contributed by atoms with Gasteiger partial charge in [0.25, 0.3) is 0 Å². The van der Waals surface area contributed by atoms with Gasteiger partial charge in [-0.05, 0) is 6.07 Å². The van der Waals surface area contributed by atoms with E-state index in [2.05, 4.69) is 34.9 Å². The van der Waals surface area contributed by atoms with Crippen molar-refractivity contribution in [2.75, 3.05) is 27.2 Å². The van der Waals surface area contributed by atoms with Crippen molar-refractivity contribution < 1.29 is 14.3 Å². The van der Waals surface area contributed by atoms with Crippen molar-refractivity contribution in [1.29, 1.82) is 0 Å². The van der Waals surface area contributed by atoms with Crippen LogP contribution >= 0.6 is 0 Å². The SMILES string of the molecule is C[NH+](C)CC1OCC[n+]2[nH]c3cnccc3c21. The van der Waals surface area contributed by atoms with E-state index >= 15 is 0 Å². The Labute approximate surface area is 100.0 Å². The van der Waals surface area contributed by atoms with Gasteiger partial charge >= 0.3 is 0 Å². The van der Waals surface area contributed by atoms with Crippen LogP contribution < -0.4 is 9.58 Å². The highest BCUT2D eigenvalue weighted by Gasteiger charge is 2.34. The normalized spacial score (nSPS) is 19.8. The van der Waals surface area contributed by atoms with Crippen LogP contribution in [0.15, 0.2) is 18.5 Å². The summed E-state index contributed by atoms with van der Waals surface area (Å²) in [4.78, 5) is 5.55. The summed E-state index contributed by atoms with van der Waals surface area (Å²) >= 11 is 0. The first kappa shape index (κ1) is 10.7. The first-order valence-electron chi connectivity index (χ1n) is 6.02. The number of aromatic nitrogens is 3. The highest BCUT2D eigenvalue weighted by atomic mass is 16.5. The van der Waals surface area contributed by atoms with E-state index in [1.165, 1.54) is 16.0 Å². The zero-order valence-corrected chi connectivity index (χ0v) is 10.2. The van der Waals surface area contributed by atoms with E-state index in [0.29, 0.717) is 0 Å². The van der Waals surface area contributed by atoms with Crippen LogP contribution in [0, 0.1) is 0 Å². The van der Waals surface area contributed by atoms with E-state index < -0.39 is 0 Å². The molecule has 0 spiro atoms. The molecule has 1 unspecified atom stereocenters. The zero-order valence-electron chi connectivity index (χ0n) is 10.2. The molecule has 1 aliphatic rings. The highest BCUT2D eigenvalue weighted by molar-refractivity contribution is 5.79. The molecular weight excluding hydrogens is 216 g/mol. The zero-order chi connectivity index (χ0) is 11.8. The Bertz CT molecular complexity index is 534. The van der Waals surface area contributed by atoms with E-state index in [1.54, 1.807) is 0 Å². The molecule has 0 radical (unpaired) electrons. The molecule has 0 bridgehead atoms. The molecule has 0 aliphatic carbocycles. The molecule has 5 heteroatoms. The van der Waals surface area contributed by atoms with Gasteiger partial charge in [0.2, 0.25) is 5.69 Å². The number of hydrogen-bond donors (Lipinski definition) is 2. The third-order valence-electron chi connectivity index (χ3n) is 3.18. The van der Waals surface area contributed by atoms with Gasteiger partial charge in [0.15, 0.2) is 12.6 Å². The minimum absolute atomic E-state index is 0.171. The summed E-state index contributed by atoms with van der Waals surface area (Å²) in [5, 5.41) is 4.61. The maximum Gasteiger partial charge on any atom is 0.250 e. The lowest BCUT2D eigenvalue weighted by molar-refractivity contribution is -0.867. The Morgan fingerprint density at radius 2 is 2.47 bits per heavy atom. The van der Waals surface area contributed by atoms with E-state index in [4.69, 9.17) is 4.74 Å². The molecule has 2 N–H and O–H groups in total. The lowest BCUT2D eigenvalue weighted by Crippen LogP contribution is -3.06. The van der Waals surface area contributed by atoms with Crippen LogP contribution in [0.2, 0.25) is 0 Å². The standard InChI is InChI=1S/C12H16N4O/c1-15(2)8-11-12-9-3-4-13-7-10(9)14-16(12)5-6-17-11/h3-4,7,11H,5-6,8H2,1-2H3/p+2. The third-order valence-corrected chi connectivity index (χ3v) is 3.18. The summed E-state index contributed by atoms with van der Waals surface area (Å²) in [5.74, 6) is 0. The smallest absolute Gasteiger partial charge is 0.250 e. The van der Waals surface area contributed by atoms with Gasteiger partial charge in [0.1, 0.15) is 18.7 Å². The van der Waals surface area contributed by atoms with E-state index in [-0.39, 0.29) is 6.10 Å². The van der Waals surface area contributed by atoms with Crippen LogP contribution in [0.1, 0.15) is 11.8 Å². The van der Waals surface area contributed by atoms with Gasteiger partial charge in [-0.15, -0.1) is 4.68 Å². The van der Waals surface area contributed by atoms with Crippen LogP contribution in [0.3, 0.4) is 0 Å². The fourth-order valence-corrected chi connectivity index (χ4v) is 2.47. The molecule has 5 nitrogen and oxygen atoms in total. The average molecular weight is 234 g/mol. The molecule has 0 saturated carbocycles. The summed E-state index contributed by atoms with van der Waals surface area (Å²) in [7, 11) is 4.30. The fourth-order valence-electron chi connectivity index (χ4n) is 2.47. The number of fused-ring (bicyclic) bond motifs is 3. The molecule has 90 valence electrons. The quantitative estimate of drug-likeness (QED) is 0.659. The van der Waals surface area contributed by atoms with Gasteiger partial charge in [-0.1, -0.05) is 0 Å². The Morgan fingerprint density at radius 1 is 1.59 bits per heavy atom. The predicted octanol–water partition coefficient (Wildman–Crippen LogP) is -0.934. The Balaban J connectivity index is 2.10. The number of quaternary nitrogens is 1. The number of nitrogens with zero attached hydrogens (tertiary/aromatic N) is 2. The monoisotopic (exact) mass is 234 g/mol. The van der Waals surface area contributed by atoms with E-state index in [0.717, 1.165) is 25.2 Å². The molecular formula is C12H18N4O+2. The molecule has 3 rings (SSSR count). The number of H-pyrrole nitrogens is 1. The Kier molecular flexibility index (Phi) is 2.57. The highest BCUT2D eigenvalue weighted by Crippen LogP contribution is 2.23. The van der Waals surface area contributed by atoms with Gasteiger partial charge in [0, 0.05) is 6.20 Å². The van der Waals surface area contributed by atoms with Crippen LogP contribution in [0.4, 0.5) is 0 Å². The van der Waals surface area contributed by atoms with Crippen molar-refractivity contribution in [2.24, 2.45) is 0 Å². The van der Waals surface area contributed by atoms with Crippen LogP contribution in [0.25, 0.3) is 10.9 Å². The molecule has 2 aromatic rings. The summed E-state index contributed by atoms with van der Waals surface area (Å²) in [6.45, 7) is 2.65. The third kappa shape index (κ3) is 1.81. The molecule has 1 aliphatic heterocycles. The second kappa shape index (κ2) is 4.09. The van der Waals surface area contributed by atoms with E-state index in [1.807, 2.05) is 12.4 Å². The molecule has 1 atom stereocenters. The largest absolute Gasteiger partial charge is 0.355 e. The maximum absolute atomic E-state index is 5.90. The van der Waals surface area contributed by atoms with Crippen LogP contribution in [0.5, 0.6) is 0 Å². The number of ether oxygens (including phenoxy) is 1. The molecule has 3 heterocycles. The van der Waals surface area contributed by atoms with Crippen molar-refractivity contribution in [1.82, 2.24) is 10.1 Å². The molecule has 0 fully saturated rings. The fraction of sp³-hybridized carbons (Fsp3) is 0.500. The maximum atomic E-state index is 5.90. The van der Waals surface area contributed by atoms with Gasteiger partial charge in [-0.25, -0.2) is 0 Å². The minimum Gasteiger partial charge on any atom is -0.355 e. The van der Waals surface area contributed by atoms with Gasteiger partial charge in [-0.2, -0.15) is 5.10 Å². The lowest BCUT2D eigenvalue weighted by Gasteiger charge is -2.19. The number of hydrogen-bond acceptors (Lipinski definition) is 2. The predicted molar refractivity (Wildman–Crippen MR) is 62.7 cm³/mol. The summed E-state index contributed by atoms with van der Waals surface area (Å²) in [6.07, 6.45) is 3.88. The number of nitrogens with one attached hydrogen (secondary N) is 2. The van der Waals surface area contributed by atoms with Crippen molar-refractivity contribution in [3.8, 4) is 0 Å². The number of likely N-dealkylation sites (N-methyl/N-ethyl adjacent to an activating group) is 1. The second-order valence-electron chi connectivity index (χ2n) is 4.84. The molecule has 17 heavy (non-hydrogen) atoms. The second-order valence-corrected chi connectivity index (χ2v) is 4.84. The molecule has 2 aromatic heterocycles. The molecule has 0 amide bonds. The minimum atomic E-state index is 0.171. The Morgan fingerprint density at radius 3 is 3.29 bits per heavy atom. The summed E-state index contributed by atoms with van der Waals surface area (Å²) in [5.41, 5.74) is 2.35. The number of rotatable bonds is 2. The van der Waals surface area contributed by atoms with Crippen molar-refractivity contribution in [3.63, 3.8) is 0 Å². The summed E-state index contributed by atoms with van der Waals surface area (Å²) < 4.78 is 8.10. The average Bonchev–Trinajstić information content (AvgIpc) is 2.67. The van der Waals surface area contributed by atoms with Crippen molar-refractivity contribution in [3.05, 3.63) is 24.2 Å².